The van der Waals surface area contributed by atoms with E-state index >= 15 is 0 Å². The standard InChI is InChI=1S/K.HO2P.H/c;1-3-2;/h;(H,1,2);. The molecule has 0 saturated heterocycles. The first-order valence-electron chi connectivity index (χ1n) is 0.383. The molecule has 0 aliphatic rings. The van der Waals surface area contributed by atoms with Crippen molar-refractivity contribution in [2.45, 2.75) is 0 Å². The van der Waals surface area contributed by atoms with Gasteiger partial charge in [0.15, 0.2) is 0 Å². The second kappa shape index (κ2) is 8.83. The van der Waals surface area contributed by atoms with E-state index in [1.54, 1.807) is 0 Å². The van der Waals surface area contributed by atoms with Gasteiger partial charge in [-0.15, -0.1) is 0 Å². The summed E-state index contributed by atoms with van der Waals surface area (Å²) in [5, 5.41) is 0. The Hall–Kier alpha value is 1.70. The van der Waals surface area contributed by atoms with Gasteiger partial charge in [0.1, 0.15) is 0 Å². The first-order valence-corrected chi connectivity index (χ1v) is 1.15. The third-order valence-electron chi connectivity index (χ3n) is 0. The number of hydrogen-bond donors (Lipinski definition) is 1. The molecule has 0 atom stereocenters. The summed E-state index contributed by atoms with van der Waals surface area (Å²) in [5.74, 6) is 0. The Balaban J connectivity index is 0. The van der Waals surface area contributed by atoms with Gasteiger partial charge in [0.2, 0.25) is 0 Å². The van der Waals surface area contributed by atoms with Gasteiger partial charge in [0, 0.05) is 0 Å². The van der Waals surface area contributed by atoms with Crippen LogP contribution in [0.1, 0.15) is 0 Å². The Morgan fingerprint density at radius 1 is 1.75 bits per heavy atom. The average molecular weight is 104 g/mol. The molecule has 0 heterocycles. The van der Waals surface area contributed by atoms with E-state index < -0.39 is 8.69 Å². The predicted octanol–water partition coefficient (Wildman–Crippen LogP) is -0.463. The summed E-state index contributed by atoms with van der Waals surface area (Å²) in [7, 11) is -0.833. The van der Waals surface area contributed by atoms with Crippen LogP contribution in [0.25, 0.3) is 0 Å². The fraction of sp³-hybridized carbons (Fsp3) is 0. The molecule has 2 nitrogen and oxygen atoms in total. The van der Waals surface area contributed by atoms with Crippen molar-refractivity contribution in [3.8, 4) is 0 Å². The van der Waals surface area contributed by atoms with Crippen LogP contribution in [0.2, 0.25) is 0 Å². The zero-order chi connectivity index (χ0) is 2.71. The fourth-order valence-electron chi connectivity index (χ4n) is 0. The summed E-state index contributed by atoms with van der Waals surface area (Å²) in [5.41, 5.74) is 0. The first-order chi connectivity index (χ1) is 1.41. The summed E-state index contributed by atoms with van der Waals surface area (Å²) in [4.78, 5) is 6.99. The van der Waals surface area contributed by atoms with Gasteiger partial charge in [0.25, 0.3) is 0 Å². The minimum absolute atomic E-state index is 0. The maximum atomic E-state index is 8.46. The third kappa shape index (κ3) is 9.34. The Labute approximate surface area is 68.3 Å². The van der Waals surface area contributed by atoms with Crippen molar-refractivity contribution >= 4 is 60.1 Å². The maximum absolute atomic E-state index is 8.46. The van der Waals surface area contributed by atoms with Crippen molar-refractivity contribution in [1.29, 1.82) is 0 Å². The molecule has 20 valence electrons. The second-order valence-electron chi connectivity index (χ2n) is 0.0816. The van der Waals surface area contributed by atoms with Gasteiger partial charge >= 0.3 is 60.1 Å². The summed E-state index contributed by atoms with van der Waals surface area (Å²) in [6, 6.07) is 0. The van der Waals surface area contributed by atoms with Gasteiger partial charge in [-0.25, -0.2) is 4.57 Å². The van der Waals surface area contributed by atoms with E-state index in [2.05, 4.69) is 0 Å². The molecule has 4 heteroatoms. The fourth-order valence-corrected chi connectivity index (χ4v) is 0. The summed E-state index contributed by atoms with van der Waals surface area (Å²) in [6.07, 6.45) is 0. The van der Waals surface area contributed by atoms with Gasteiger partial charge < -0.3 is 4.89 Å². The van der Waals surface area contributed by atoms with E-state index in [0.717, 1.165) is 0 Å². The summed E-state index contributed by atoms with van der Waals surface area (Å²) < 4.78 is 8.46. The topological polar surface area (TPSA) is 37.3 Å². The molecule has 0 aromatic carbocycles. The Morgan fingerprint density at radius 2 is 1.75 bits per heavy atom. The molecular weight excluding hydrogens is 102 g/mol. The van der Waals surface area contributed by atoms with Crippen molar-refractivity contribution in [2.75, 3.05) is 0 Å². The van der Waals surface area contributed by atoms with Crippen molar-refractivity contribution in [1.82, 2.24) is 0 Å². The molecule has 0 aliphatic heterocycles. The zero-order valence-electron chi connectivity index (χ0n) is 1.30. The van der Waals surface area contributed by atoms with Crippen LogP contribution in [-0.4, -0.2) is 56.3 Å². The van der Waals surface area contributed by atoms with Crippen LogP contribution in [0.3, 0.4) is 0 Å². The monoisotopic (exact) mass is 104 g/mol. The van der Waals surface area contributed by atoms with E-state index in [1.165, 1.54) is 0 Å². The minimum atomic E-state index is -0.833. The molecule has 0 aromatic rings. The van der Waals surface area contributed by atoms with E-state index in [-0.39, 0.29) is 51.4 Å². The van der Waals surface area contributed by atoms with Crippen LogP contribution >= 0.6 is 8.69 Å². The predicted molar refractivity (Wildman–Crippen MR) is 17.0 cm³/mol. The SMILES string of the molecule is O=PO.[KH]. The van der Waals surface area contributed by atoms with Gasteiger partial charge in [-0.3, -0.25) is 0 Å². The quantitative estimate of drug-likeness (QED) is 0.333. The van der Waals surface area contributed by atoms with Crippen LogP contribution < -0.4 is 0 Å². The summed E-state index contributed by atoms with van der Waals surface area (Å²) in [6.45, 7) is 0. The molecule has 0 rings (SSSR count). The van der Waals surface area contributed by atoms with Crippen molar-refractivity contribution in [2.24, 2.45) is 0 Å². The molecule has 0 radical (unpaired) electrons. The zero-order valence-corrected chi connectivity index (χ0v) is 2.20. The molecule has 0 aromatic heterocycles. The second-order valence-corrected chi connectivity index (χ2v) is 0.245. The Kier molecular flexibility index (Phi) is 20.3. The normalized spacial score (nSPS) is 5.25. The van der Waals surface area contributed by atoms with Gasteiger partial charge in [-0.05, 0) is 0 Å². The molecule has 0 bridgehead atoms. The van der Waals surface area contributed by atoms with E-state index in [9.17, 15) is 0 Å². The van der Waals surface area contributed by atoms with Crippen molar-refractivity contribution in [3.05, 3.63) is 0 Å². The number of rotatable bonds is 0. The van der Waals surface area contributed by atoms with Crippen LogP contribution in [0.4, 0.5) is 0 Å². The molecule has 0 aliphatic carbocycles. The van der Waals surface area contributed by atoms with Gasteiger partial charge in [0.05, 0.1) is 0 Å². The Bertz CT molecular complexity index is 13.5. The number of hydrogen-bond acceptors (Lipinski definition) is 1. The molecular formula is H2KO2P. The van der Waals surface area contributed by atoms with Gasteiger partial charge in [-0.1, -0.05) is 0 Å². The van der Waals surface area contributed by atoms with Crippen LogP contribution in [0, 0.1) is 0 Å². The molecule has 4 heavy (non-hydrogen) atoms. The van der Waals surface area contributed by atoms with Crippen molar-refractivity contribution in [3.63, 3.8) is 0 Å². The molecule has 0 unspecified atom stereocenters. The van der Waals surface area contributed by atoms with Crippen LogP contribution in [-0.2, 0) is 4.57 Å². The molecule has 1 N–H and O–H groups in total. The van der Waals surface area contributed by atoms with E-state index in [1.807, 2.05) is 0 Å². The molecule has 0 saturated carbocycles. The summed E-state index contributed by atoms with van der Waals surface area (Å²) >= 11 is 0. The van der Waals surface area contributed by atoms with Crippen molar-refractivity contribution < 1.29 is 9.46 Å². The van der Waals surface area contributed by atoms with E-state index in [0.29, 0.717) is 0 Å². The first kappa shape index (κ1) is 9.20. The average Bonchev–Trinajstić information content (AvgIpc) is 0.918. The molecule has 0 spiro atoms. The van der Waals surface area contributed by atoms with E-state index in [4.69, 9.17) is 9.46 Å². The Morgan fingerprint density at radius 3 is 1.75 bits per heavy atom. The van der Waals surface area contributed by atoms with Crippen LogP contribution in [0.5, 0.6) is 0 Å². The third-order valence-corrected chi connectivity index (χ3v) is 0. The molecule has 0 fully saturated rings. The van der Waals surface area contributed by atoms with Gasteiger partial charge in [-0.2, -0.15) is 0 Å². The van der Waals surface area contributed by atoms with Crippen LogP contribution in [0.15, 0.2) is 0 Å². The molecule has 0 amide bonds.